The second-order valence-corrected chi connectivity index (χ2v) is 32.1. The average Bonchev–Trinajstić information content (AvgIpc) is 1.72. The highest BCUT2D eigenvalue weighted by atomic mass is 32.2. The summed E-state index contributed by atoms with van der Waals surface area (Å²) in [5.41, 5.74) is 11.7. The number of unbranched alkanes of at least 4 members (excludes halogenated alkanes) is 6. The Morgan fingerprint density at radius 2 is 1.27 bits per heavy atom. The van der Waals surface area contributed by atoms with Crippen molar-refractivity contribution < 1.29 is 108 Å². The number of nitrogens with one attached hydrogen (secondary N) is 9. The number of carbonyl (C=O) groups excluding carboxylic acids is 13. The van der Waals surface area contributed by atoms with Gasteiger partial charge in [-0.1, -0.05) is 123 Å². The number of carbonyl (C=O) groups is 13. The number of likely N-dealkylation sites (tertiary alicyclic amines) is 2. The molecular weight excluding hydrogens is 1520 g/mol. The molecule has 0 unspecified atom stereocenters. The predicted octanol–water partition coefficient (Wildman–Crippen LogP) is -0.936. The third kappa shape index (κ3) is 32.9. The summed E-state index contributed by atoms with van der Waals surface area (Å²) in [7, 11) is 0. The standard InChI is InChI=1S/C79H127N13O22S/c1-10-44(4)35-45(5)22-16-13-11-12-14-19-26-64(102)84-57(39-62(100)76(111)90-77(112)67-60(98)29-32-91(67)78(113)46(6)61(99)40-63(81)101)74(109)89-66(48(8)95)79(114)92-41-51(96)38-58(92)75(110)88-65(47(7)94)69(104)68(103)50-27-28-59(97)54(37-50)85-70(105)52(80)25-20-21-31-82-71(106)56(36-49-23-17-15-18-24-49)87-73(108)55(34-43(2)3)86-72(107)53(83-42-93)30-33-115-9/h15,17-18,23-24,27-28,37,42-46,48,51-53,55-58,60-62,65-69,76,95-100,103-104,111H,10-14,16,19-22,25-26,29-36,38-41,80H2,1-9H3,(H2,81,101)(H,82,106)(H,83,93)(H,84,102)(H,85,105)(H,86,107)(H,87,108)(H,88,110)(H,89,109)(H,90,112)/t44-,45+,46-,48+,51+,52-,53-,55-,56-,57-,58-,60-,61+,62+,65+,66-,67-,68-,69-,76+/m0/s1. The first-order valence-electron chi connectivity index (χ1n) is 39.9. The molecule has 0 saturated carbocycles. The van der Waals surface area contributed by atoms with Gasteiger partial charge in [0.15, 0.2) is 12.0 Å². The van der Waals surface area contributed by atoms with Crippen molar-refractivity contribution in [2.45, 2.75) is 287 Å². The van der Waals surface area contributed by atoms with Gasteiger partial charge >= 0.3 is 0 Å². The van der Waals surface area contributed by atoms with Gasteiger partial charge in [0.05, 0.1) is 48.5 Å². The molecule has 2 aliphatic rings. The average molecular weight is 1640 g/mol. The fourth-order valence-electron chi connectivity index (χ4n) is 13.9. The van der Waals surface area contributed by atoms with Crippen molar-refractivity contribution in [3.8, 4) is 5.75 Å². The number of aliphatic hydroxyl groups is 8. The Morgan fingerprint density at radius 1 is 0.643 bits per heavy atom. The van der Waals surface area contributed by atoms with Crippen molar-refractivity contribution >= 4 is 94.6 Å². The highest BCUT2D eigenvalue weighted by molar-refractivity contribution is 7.98. The van der Waals surface area contributed by atoms with Crippen LogP contribution in [0, 0.1) is 23.7 Å². The number of primary amides is 1. The number of ketones is 1. The number of hydrogen-bond acceptors (Lipinski definition) is 24. The SMILES string of the molecule is CC[C@H](C)C[C@H](C)CCCCCCCCC(=O)N[C@@H](C[C@@H](O)[C@@H](O)NC(=O)[C@@H]1[C@@H](O)CCN1C(=O)[C@@H](C)[C@H](O)CC(N)=O)C(=O)N[C@H](C(=O)N1C[C@H](O)C[C@H]1C(=O)N[C@H](C(C)=O)[C@H](O)[C@@H](O)c1ccc(O)c(NC(=O)[C@@H](N)CCCCNC(=O)[C@H](Cc2ccccc2)NC(=O)[C@H](CC(C)C)NC(=O)[C@H](CCSC)NC=O)c1)[C@@H](C)O. The summed E-state index contributed by atoms with van der Waals surface area (Å²) >= 11 is 1.48. The number of aromatic hydroxyl groups is 1. The number of nitrogens with two attached hydrogens (primary N) is 2. The zero-order valence-electron chi connectivity index (χ0n) is 67.6. The van der Waals surface area contributed by atoms with Crippen LogP contribution in [0.5, 0.6) is 5.75 Å². The number of Topliss-reactive ketones (excluding diaryl/α,β-unsaturated/α-hetero) is 1. The van der Waals surface area contributed by atoms with Crippen LogP contribution in [0.25, 0.3) is 0 Å². The Labute approximate surface area is 676 Å². The Bertz CT molecular complexity index is 3490. The van der Waals surface area contributed by atoms with Crippen LogP contribution >= 0.6 is 11.8 Å². The quantitative estimate of drug-likeness (QED) is 0.0165. The third-order valence-electron chi connectivity index (χ3n) is 20.9. The molecule has 2 fully saturated rings. The predicted molar refractivity (Wildman–Crippen MR) is 426 cm³/mol. The Hall–Kier alpha value is -8.46. The van der Waals surface area contributed by atoms with E-state index < -0.39 is 212 Å². The van der Waals surface area contributed by atoms with Crippen molar-refractivity contribution in [2.75, 3.05) is 37.0 Å². The minimum Gasteiger partial charge on any atom is -0.506 e. The normalized spacial score (nSPS) is 19.6. The lowest BCUT2D eigenvalue weighted by molar-refractivity contribution is -0.148. The van der Waals surface area contributed by atoms with Gasteiger partial charge in [0, 0.05) is 45.3 Å². The van der Waals surface area contributed by atoms with Gasteiger partial charge in [-0.15, -0.1) is 0 Å². The number of nitrogens with zero attached hydrogens (tertiary/aromatic N) is 2. The maximum absolute atomic E-state index is 14.6. The first kappa shape index (κ1) is 98.9. The van der Waals surface area contributed by atoms with Gasteiger partial charge in [0.25, 0.3) is 0 Å². The smallest absolute Gasteiger partial charge is 0.248 e. The van der Waals surface area contributed by atoms with Crippen molar-refractivity contribution in [3.63, 3.8) is 0 Å². The monoisotopic (exact) mass is 1640 g/mol. The van der Waals surface area contributed by atoms with E-state index in [0.717, 1.165) is 92.4 Å². The van der Waals surface area contributed by atoms with Gasteiger partial charge in [-0.25, -0.2) is 0 Å². The van der Waals surface area contributed by atoms with E-state index in [9.17, 15) is 108 Å². The van der Waals surface area contributed by atoms with Crippen LogP contribution in [-0.2, 0) is 68.7 Å². The van der Waals surface area contributed by atoms with E-state index in [1.54, 1.807) is 30.3 Å². The highest BCUT2D eigenvalue weighted by Gasteiger charge is 2.47. The highest BCUT2D eigenvalue weighted by Crippen LogP contribution is 2.31. The summed E-state index contributed by atoms with van der Waals surface area (Å²) in [4.78, 5) is 176. The first-order chi connectivity index (χ1) is 54.3. The molecule has 35 nitrogen and oxygen atoms in total. The minimum absolute atomic E-state index is 0.0518. The topological polar surface area (TPSA) is 571 Å². The second kappa shape index (κ2) is 50.2. The van der Waals surface area contributed by atoms with Crippen molar-refractivity contribution in [3.05, 3.63) is 59.7 Å². The fraction of sp³-hybridized carbons (Fsp3) is 0.684. The molecule has 0 aromatic heterocycles. The number of hydrogen-bond donors (Lipinski definition) is 20. The zero-order valence-corrected chi connectivity index (χ0v) is 68.4. The lowest BCUT2D eigenvalue weighted by atomic mass is 9.91. The summed E-state index contributed by atoms with van der Waals surface area (Å²) in [6.07, 6.45) is -5.50. The molecule has 0 radical (unpaired) electrons. The summed E-state index contributed by atoms with van der Waals surface area (Å²) in [6, 6.07) is -1.19. The van der Waals surface area contributed by atoms with Crippen LogP contribution in [-0.4, -0.2) is 262 Å². The Morgan fingerprint density at radius 3 is 1.90 bits per heavy atom. The van der Waals surface area contributed by atoms with Crippen molar-refractivity contribution in [1.29, 1.82) is 0 Å². The number of aliphatic hydroxyl groups excluding tert-OH is 8. The van der Waals surface area contributed by atoms with E-state index in [1.165, 1.54) is 18.7 Å². The molecule has 2 aromatic carbocycles. The van der Waals surface area contributed by atoms with Gasteiger partial charge in [-0.3, -0.25) is 62.3 Å². The number of anilines is 1. The number of thioether (sulfide) groups is 1. The van der Waals surface area contributed by atoms with Crippen molar-refractivity contribution in [2.24, 2.45) is 35.1 Å². The Balaban J connectivity index is 1.44. The van der Waals surface area contributed by atoms with Crippen LogP contribution < -0.4 is 59.3 Å². The van der Waals surface area contributed by atoms with Gasteiger partial charge in [-0.05, 0) is 118 Å². The molecule has 0 bridgehead atoms. The number of amides is 12. The largest absolute Gasteiger partial charge is 0.506 e. The van der Waals surface area contributed by atoms with Gasteiger partial charge in [0.1, 0.15) is 72.4 Å². The Kier molecular flexibility index (Phi) is 43.2. The summed E-state index contributed by atoms with van der Waals surface area (Å²) < 4.78 is 0. The maximum atomic E-state index is 14.6. The molecule has 0 aliphatic carbocycles. The van der Waals surface area contributed by atoms with Crippen LogP contribution in [0.15, 0.2) is 48.5 Å². The molecule has 36 heteroatoms. The molecule has 2 aromatic rings. The van der Waals surface area contributed by atoms with E-state index in [-0.39, 0.29) is 68.8 Å². The van der Waals surface area contributed by atoms with Gasteiger partial charge in [-0.2, -0.15) is 11.8 Å². The number of rotatable bonds is 53. The van der Waals surface area contributed by atoms with E-state index in [0.29, 0.717) is 49.7 Å². The van der Waals surface area contributed by atoms with E-state index >= 15 is 0 Å². The molecule has 2 aliphatic heterocycles. The van der Waals surface area contributed by atoms with E-state index in [2.05, 4.69) is 68.6 Å². The molecule has 20 atom stereocenters. The van der Waals surface area contributed by atoms with Crippen LogP contribution in [0.3, 0.4) is 0 Å². The number of phenols is 1. The number of benzene rings is 2. The third-order valence-corrected chi connectivity index (χ3v) is 21.5. The molecule has 0 spiro atoms. The summed E-state index contributed by atoms with van der Waals surface area (Å²) in [5.74, 6) is -10.7. The first-order valence-corrected chi connectivity index (χ1v) is 41.3. The maximum Gasteiger partial charge on any atom is 0.248 e. The fourth-order valence-corrected chi connectivity index (χ4v) is 14.4. The molecule has 2 heterocycles. The summed E-state index contributed by atoms with van der Waals surface area (Å²) in [6.45, 7) is 13.0. The summed E-state index contributed by atoms with van der Waals surface area (Å²) in [5, 5.41) is 123. The molecule has 4 rings (SSSR count). The molecule has 12 amide bonds. The van der Waals surface area contributed by atoms with E-state index in [1.807, 2.05) is 20.1 Å². The number of phenolic OH excluding ortho intramolecular Hbond substituents is 1. The van der Waals surface area contributed by atoms with Crippen LogP contribution in [0.2, 0.25) is 0 Å². The number of β-amino-alcohol motifs (C(OH)–C–C–N with tert-alkyl or cyclic N) is 1. The zero-order chi connectivity index (χ0) is 85.9. The minimum atomic E-state index is -2.27. The molecule has 646 valence electrons. The lowest BCUT2D eigenvalue weighted by Crippen LogP contribution is -2.61. The lowest BCUT2D eigenvalue weighted by Gasteiger charge is -2.33. The molecule has 115 heavy (non-hydrogen) atoms. The molecule has 2 saturated heterocycles. The van der Waals surface area contributed by atoms with Gasteiger partial charge < -0.3 is 115 Å². The van der Waals surface area contributed by atoms with Crippen LogP contribution in [0.1, 0.15) is 195 Å². The molecular formula is C79H127N13O22S. The van der Waals surface area contributed by atoms with Gasteiger partial charge in [0.2, 0.25) is 71.4 Å². The molecule has 22 N–H and O–H groups in total. The van der Waals surface area contributed by atoms with Crippen LogP contribution in [0.4, 0.5) is 5.69 Å². The van der Waals surface area contributed by atoms with E-state index in [4.69, 9.17) is 11.5 Å². The van der Waals surface area contributed by atoms with Crippen molar-refractivity contribution in [1.82, 2.24) is 52.3 Å². The second-order valence-electron chi connectivity index (χ2n) is 31.1.